The van der Waals surface area contributed by atoms with Crippen LogP contribution in [0, 0.1) is 16.7 Å². The van der Waals surface area contributed by atoms with Crippen LogP contribution in [0.4, 0.5) is 0 Å². The normalized spacial score (nSPS) is 19.9. The molecule has 0 aliphatic carbocycles. The van der Waals surface area contributed by atoms with Gasteiger partial charge in [-0.3, -0.25) is 0 Å². The minimum atomic E-state index is -0.684. The van der Waals surface area contributed by atoms with Crippen molar-refractivity contribution in [1.29, 1.82) is 0 Å². The van der Waals surface area contributed by atoms with Gasteiger partial charge in [0.1, 0.15) is 0 Å². The van der Waals surface area contributed by atoms with E-state index < -0.39 is 23.0 Å². The molecule has 4 nitrogen and oxygen atoms in total. The molecular weight excluding hydrogens is 268 g/mol. The Morgan fingerprint density at radius 1 is 1.00 bits per heavy atom. The molecule has 0 aromatic carbocycles. The number of rotatable bonds is 11. The summed E-state index contributed by atoms with van der Waals surface area (Å²) in [6.07, 6.45) is 2.63. The molecule has 4 heteroatoms. The molecule has 4 atom stereocenters. The van der Waals surface area contributed by atoms with Crippen LogP contribution in [-0.2, 0) is 0 Å². The molecule has 0 saturated carbocycles. The molecule has 0 radical (unpaired) electrons. The summed E-state index contributed by atoms with van der Waals surface area (Å²) in [6, 6.07) is 0. The Labute approximate surface area is 130 Å². The number of hydrogen-bond donors (Lipinski definition) is 4. The van der Waals surface area contributed by atoms with Crippen molar-refractivity contribution in [3.63, 3.8) is 0 Å². The van der Waals surface area contributed by atoms with Crippen molar-refractivity contribution in [2.75, 3.05) is 13.2 Å². The van der Waals surface area contributed by atoms with Crippen molar-refractivity contribution in [3.05, 3.63) is 0 Å². The molecule has 0 amide bonds. The van der Waals surface area contributed by atoms with Crippen LogP contribution < -0.4 is 0 Å². The Bertz CT molecular complexity index is 274. The van der Waals surface area contributed by atoms with Crippen molar-refractivity contribution in [2.24, 2.45) is 16.7 Å². The van der Waals surface area contributed by atoms with E-state index in [0.29, 0.717) is 6.42 Å². The Balaban J connectivity index is 4.85. The van der Waals surface area contributed by atoms with E-state index in [1.807, 2.05) is 27.7 Å². The lowest BCUT2D eigenvalue weighted by Crippen LogP contribution is -2.43. The van der Waals surface area contributed by atoms with Gasteiger partial charge in [0.25, 0.3) is 0 Å². The van der Waals surface area contributed by atoms with Crippen molar-refractivity contribution >= 4 is 0 Å². The maximum atomic E-state index is 10.6. The number of aliphatic hydroxyl groups excluding tert-OH is 4. The highest BCUT2D eigenvalue weighted by Gasteiger charge is 2.39. The van der Waals surface area contributed by atoms with E-state index in [9.17, 15) is 20.4 Å². The van der Waals surface area contributed by atoms with Crippen LogP contribution in [-0.4, -0.2) is 45.8 Å². The first kappa shape index (κ1) is 20.8. The van der Waals surface area contributed by atoms with Crippen molar-refractivity contribution in [3.8, 4) is 0 Å². The summed E-state index contributed by atoms with van der Waals surface area (Å²) in [5, 5.41) is 40.1. The average molecular weight is 304 g/mol. The Morgan fingerprint density at radius 2 is 1.57 bits per heavy atom. The highest BCUT2D eigenvalue weighted by atomic mass is 16.3. The SMILES string of the molecule is CCCCC(CC)(CO)C(O)CC(C)C(O)C(C)(C)CO. The highest BCUT2D eigenvalue weighted by Crippen LogP contribution is 2.37. The standard InChI is InChI=1S/C17H36O4/c1-6-8-9-17(7-2,12-19)14(20)10-13(3)15(21)16(4,5)11-18/h13-15,18-21H,6-12H2,1-5H3. The molecular formula is C17H36O4. The molecule has 0 aliphatic heterocycles. The number of hydrogen-bond acceptors (Lipinski definition) is 4. The molecule has 4 N–H and O–H groups in total. The van der Waals surface area contributed by atoms with Crippen molar-refractivity contribution in [1.82, 2.24) is 0 Å². The lowest BCUT2D eigenvalue weighted by atomic mass is 9.71. The van der Waals surface area contributed by atoms with Gasteiger partial charge in [0.15, 0.2) is 0 Å². The van der Waals surface area contributed by atoms with E-state index >= 15 is 0 Å². The maximum Gasteiger partial charge on any atom is 0.0639 e. The third-order valence-electron chi connectivity index (χ3n) is 5.10. The van der Waals surface area contributed by atoms with Gasteiger partial charge in [0.2, 0.25) is 0 Å². The van der Waals surface area contributed by atoms with Gasteiger partial charge in [-0.25, -0.2) is 0 Å². The fraction of sp³-hybridized carbons (Fsp3) is 1.00. The molecule has 0 saturated heterocycles. The zero-order valence-corrected chi connectivity index (χ0v) is 14.5. The van der Waals surface area contributed by atoms with Crippen LogP contribution in [0.15, 0.2) is 0 Å². The summed E-state index contributed by atoms with van der Waals surface area (Å²) in [4.78, 5) is 0. The van der Waals surface area contributed by atoms with Crippen molar-refractivity contribution in [2.45, 2.75) is 78.9 Å². The first-order chi connectivity index (χ1) is 9.70. The van der Waals surface area contributed by atoms with Crippen LogP contribution in [0.1, 0.15) is 66.7 Å². The fourth-order valence-electron chi connectivity index (χ4n) is 3.00. The Kier molecular flexibility index (Phi) is 9.02. The topological polar surface area (TPSA) is 80.9 Å². The maximum absolute atomic E-state index is 10.6. The second-order valence-electron chi connectivity index (χ2n) is 7.30. The van der Waals surface area contributed by atoms with Gasteiger partial charge in [-0.15, -0.1) is 0 Å². The molecule has 0 rings (SSSR count). The van der Waals surface area contributed by atoms with Gasteiger partial charge in [-0.05, 0) is 25.2 Å². The van der Waals surface area contributed by atoms with Gasteiger partial charge >= 0.3 is 0 Å². The second kappa shape index (κ2) is 9.09. The summed E-state index contributed by atoms with van der Waals surface area (Å²) < 4.78 is 0. The molecule has 0 spiro atoms. The van der Waals surface area contributed by atoms with Crippen LogP contribution in [0.3, 0.4) is 0 Å². The summed E-state index contributed by atoms with van der Waals surface area (Å²) in [5.41, 5.74) is -1.07. The fourth-order valence-corrected chi connectivity index (χ4v) is 3.00. The van der Waals surface area contributed by atoms with Crippen molar-refractivity contribution < 1.29 is 20.4 Å². The van der Waals surface area contributed by atoms with E-state index in [1.165, 1.54) is 0 Å². The lowest BCUT2D eigenvalue weighted by Gasteiger charge is -2.40. The Hall–Kier alpha value is -0.160. The average Bonchev–Trinajstić information content (AvgIpc) is 2.47. The van der Waals surface area contributed by atoms with E-state index in [1.54, 1.807) is 0 Å². The van der Waals surface area contributed by atoms with Gasteiger partial charge in [0, 0.05) is 10.8 Å². The van der Waals surface area contributed by atoms with Gasteiger partial charge in [-0.1, -0.05) is 47.5 Å². The monoisotopic (exact) mass is 304 g/mol. The molecule has 128 valence electrons. The zero-order chi connectivity index (χ0) is 16.7. The molecule has 0 aromatic rings. The molecule has 0 fully saturated rings. The predicted octanol–water partition coefficient (Wildman–Crippen LogP) is 2.33. The largest absolute Gasteiger partial charge is 0.396 e. The van der Waals surface area contributed by atoms with E-state index in [0.717, 1.165) is 25.7 Å². The molecule has 0 aliphatic rings. The summed E-state index contributed by atoms with van der Waals surface area (Å²) in [6.45, 7) is 9.49. The van der Waals surface area contributed by atoms with E-state index in [4.69, 9.17) is 0 Å². The lowest BCUT2D eigenvalue weighted by molar-refractivity contribution is -0.0730. The second-order valence-corrected chi connectivity index (χ2v) is 7.30. The molecule has 0 aromatic heterocycles. The molecule has 4 unspecified atom stereocenters. The quantitative estimate of drug-likeness (QED) is 0.472. The molecule has 0 bridgehead atoms. The Morgan fingerprint density at radius 3 is 1.95 bits per heavy atom. The van der Waals surface area contributed by atoms with Crippen LogP contribution >= 0.6 is 0 Å². The van der Waals surface area contributed by atoms with Crippen LogP contribution in [0.5, 0.6) is 0 Å². The number of unbranched alkanes of at least 4 members (excludes halogenated alkanes) is 1. The minimum absolute atomic E-state index is 0.0309. The van der Waals surface area contributed by atoms with Crippen LogP contribution in [0.25, 0.3) is 0 Å². The smallest absolute Gasteiger partial charge is 0.0639 e. The molecule has 21 heavy (non-hydrogen) atoms. The summed E-state index contributed by atoms with van der Waals surface area (Å²) in [5.74, 6) is -0.138. The third-order valence-corrected chi connectivity index (χ3v) is 5.10. The highest BCUT2D eigenvalue weighted by molar-refractivity contribution is 4.89. The molecule has 0 heterocycles. The zero-order valence-electron chi connectivity index (χ0n) is 14.5. The predicted molar refractivity (Wildman–Crippen MR) is 86.0 cm³/mol. The van der Waals surface area contributed by atoms with E-state index in [-0.39, 0.29) is 19.1 Å². The summed E-state index contributed by atoms with van der Waals surface area (Å²) in [7, 11) is 0. The number of aliphatic hydroxyl groups is 4. The van der Waals surface area contributed by atoms with Crippen LogP contribution in [0.2, 0.25) is 0 Å². The first-order valence-electron chi connectivity index (χ1n) is 8.28. The minimum Gasteiger partial charge on any atom is -0.396 e. The first-order valence-corrected chi connectivity index (χ1v) is 8.28. The van der Waals surface area contributed by atoms with Gasteiger partial charge in [0.05, 0.1) is 25.4 Å². The van der Waals surface area contributed by atoms with Gasteiger partial charge < -0.3 is 20.4 Å². The van der Waals surface area contributed by atoms with Gasteiger partial charge in [-0.2, -0.15) is 0 Å². The third kappa shape index (κ3) is 5.51. The summed E-state index contributed by atoms with van der Waals surface area (Å²) >= 11 is 0. The van der Waals surface area contributed by atoms with E-state index in [2.05, 4.69) is 6.92 Å².